The molecule has 0 bridgehead atoms. The Bertz CT molecular complexity index is 239. The smallest absolute Gasteiger partial charge is 0.0118 e. The molecule has 19 heavy (non-hydrogen) atoms. The maximum absolute atomic E-state index is 3.82. The first-order valence-electron chi connectivity index (χ1n) is 8.59. The molecule has 0 aliphatic heterocycles. The van der Waals surface area contributed by atoms with E-state index in [0.717, 1.165) is 23.8 Å². The van der Waals surface area contributed by atoms with E-state index in [1.165, 1.54) is 45.1 Å². The van der Waals surface area contributed by atoms with Gasteiger partial charge in [0.2, 0.25) is 0 Å². The number of nitrogens with one attached hydrogen (secondary N) is 1. The van der Waals surface area contributed by atoms with Crippen molar-refractivity contribution in [2.24, 2.45) is 23.2 Å². The second-order valence-electron chi connectivity index (χ2n) is 8.06. The minimum Gasteiger partial charge on any atom is -0.313 e. The van der Waals surface area contributed by atoms with Gasteiger partial charge in [-0.15, -0.1) is 0 Å². The molecule has 0 spiro atoms. The van der Waals surface area contributed by atoms with Crippen LogP contribution in [0.1, 0.15) is 80.1 Å². The van der Waals surface area contributed by atoms with E-state index < -0.39 is 0 Å². The maximum atomic E-state index is 3.82. The number of hydrogen-bond acceptors (Lipinski definition) is 1. The summed E-state index contributed by atoms with van der Waals surface area (Å²) in [5.41, 5.74) is 0.499. The quantitative estimate of drug-likeness (QED) is 0.671. The molecule has 1 fully saturated rings. The Balaban J connectivity index is 2.58. The molecule has 3 atom stereocenters. The predicted octanol–water partition coefficient (Wildman–Crippen LogP) is 5.25. The van der Waals surface area contributed by atoms with Gasteiger partial charge in [0.05, 0.1) is 0 Å². The van der Waals surface area contributed by atoms with Crippen LogP contribution in [0.25, 0.3) is 0 Å². The molecule has 0 aromatic rings. The highest BCUT2D eigenvalue weighted by Crippen LogP contribution is 2.39. The molecule has 3 unspecified atom stereocenters. The zero-order chi connectivity index (χ0) is 14.5. The van der Waals surface area contributed by atoms with Crippen LogP contribution in [0.2, 0.25) is 0 Å². The molecular weight excluding hydrogens is 230 g/mol. The van der Waals surface area contributed by atoms with Gasteiger partial charge in [0.25, 0.3) is 0 Å². The van der Waals surface area contributed by atoms with Crippen molar-refractivity contribution in [2.45, 2.75) is 86.1 Å². The van der Waals surface area contributed by atoms with Crippen LogP contribution in [0.4, 0.5) is 0 Å². The van der Waals surface area contributed by atoms with Crippen molar-refractivity contribution in [1.82, 2.24) is 5.32 Å². The highest BCUT2D eigenvalue weighted by molar-refractivity contribution is 4.85. The summed E-state index contributed by atoms with van der Waals surface area (Å²) in [7, 11) is 0. The van der Waals surface area contributed by atoms with Gasteiger partial charge in [0.1, 0.15) is 0 Å². The molecule has 1 nitrogen and oxygen atoms in total. The maximum Gasteiger partial charge on any atom is 0.0118 e. The van der Waals surface area contributed by atoms with Crippen molar-refractivity contribution < 1.29 is 0 Å². The third kappa shape index (κ3) is 5.45. The molecule has 0 radical (unpaired) electrons. The molecular formula is C18H37N. The van der Waals surface area contributed by atoms with Gasteiger partial charge in [-0.1, -0.05) is 48.0 Å². The first-order chi connectivity index (χ1) is 8.86. The van der Waals surface area contributed by atoms with E-state index in [2.05, 4.69) is 46.9 Å². The molecule has 0 aromatic heterocycles. The molecule has 1 N–H and O–H groups in total. The van der Waals surface area contributed by atoms with E-state index in [1.807, 2.05) is 0 Å². The van der Waals surface area contributed by atoms with Crippen molar-refractivity contribution in [3.05, 3.63) is 0 Å². The van der Waals surface area contributed by atoms with Crippen LogP contribution in [0, 0.1) is 23.2 Å². The third-order valence-corrected chi connectivity index (χ3v) is 5.09. The average molecular weight is 268 g/mol. The summed E-state index contributed by atoms with van der Waals surface area (Å²) < 4.78 is 0. The van der Waals surface area contributed by atoms with Gasteiger partial charge < -0.3 is 5.32 Å². The Morgan fingerprint density at radius 1 is 1.05 bits per heavy atom. The summed E-state index contributed by atoms with van der Waals surface area (Å²) in [4.78, 5) is 0. The van der Waals surface area contributed by atoms with Gasteiger partial charge in [0.15, 0.2) is 0 Å². The van der Waals surface area contributed by atoms with Crippen molar-refractivity contribution in [3.63, 3.8) is 0 Å². The Morgan fingerprint density at radius 2 is 1.74 bits per heavy atom. The van der Waals surface area contributed by atoms with Crippen LogP contribution in [-0.2, 0) is 0 Å². The Hall–Kier alpha value is -0.0400. The summed E-state index contributed by atoms with van der Waals surface area (Å²) in [5.74, 6) is 2.60. The fraction of sp³-hybridized carbons (Fsp3) is 1.00. The summed E-state index contributed by atoms with van der Waals surface area (Å²) in [5, 5.41) is 3.82. The van der Waals surface area contributed by atoms with Gasteiger partial charge in [-0.3, -0.25) is 0 Å². The SMILES string of the molecule is CCCNC(C(C)C)C1CCCC(C(C)(C)C)CC1. The molecule has 1 aliphatic carbocycles. The minimum absolute atomic E-state index is 0.499. The largest absolute Gasteiger partial charge is 0.313 e. The molecule has 1 aliphatic rings. The van der Waals surface area contributed by atoms with Crippen LogP contribution in [-0.4, -0.2) is 12.6 Å². The first-order valence-corrected chi connectivity index (χ1v) is 8.59. The van der Waals surface area contributed by atoms with E-state index in [4.69, 9.17) is 0 Å². The molecule has 1 heteroatoms. The van der Waals surface area contributed by atoms with Crippen molar-refractivity contribution in [2.75, 3.05) is 6.54 Å². The molecule has 1 saturated carbocycles. The third-order valence-electron chi connectivity index (χ3n) is 5.09. The second-order valence-corrected chi connectivity index (χ2v) is 8.06. The molecule has 0 amide bonds. The lowest BCUT2D eigenvalue weighted by atomic mass is 9.76. The summed E-state index contributed by atoms with van der Waals surface area (Å²) >= 11 is 0. The van der Waals surface area contributed by atoms with Crippen molar-refractivity contribution in [3.8, 4) is 0 Å². The van der Waals surface area contributed by atoms with E-state index in [-0.39, 0.29) is 0 Å². The van der Waals surface area contributed by atoms with Crippen LogP contribution < -0.4 is 5.32 Å². The fourth-order valence-electron chi connectivity index (χ4n) is 3.81. The molecule has 0 saturated heterocycles. The zero-order valence-corrected chi connectivity index (χ0v) is 14.3. The van der Waals surface area contributed by atoms with Gasteiger partial charge in [-0.05, 0) is 61.8 Å². The lowest BCUT2D eigenvalue weighted by molar-refractivity contribution is 0.205. The minimum atomic E-state index is 0.499. The van der Waals surface area contributed by atoms with Gasteiger partial charge >= 0.3 is 0 Å². The summed E-state index contributed by atoms with van der Waals surface area (Å²) in [6.45, 7) is 15.5. The standard InChI is InChI=1S/C18H37N/c1-7-13-19-17(14(2)3)15-9-8-10-16(12-11-15)18(4,5)6/h14-17,19H,7-13H2,1-6H3. The first kappa shape index (κ1) is 17.0. The molecule has 1 rings (SSSR count). The number of hydrogen-bond donors (Lipinski definition) is 1. The molecule has 0 heterocycles. The Labute approximate surface area is 121 Å². The van der Waals surface area contributed by atoms with Crippen LogP contribution >= 0.6 is 0 Å². The zero-order valence-electron chi connectivity index (χ0n) is 14.3. The van der Waals surface area contributed by atoms with E-state index >= 15 is 0 Å². The normalized spacial score (nSPS) is 27.3. The lowest BCUT2D eigenvalue weighted by Gasteiger charge is -2.32. The van der Waals surface area contributed by atoms with Crippen LogP contribution in [0.5, 0.6) is 0 Å². The summed E-state index contributed by atoms with van der Waals surface area (Å²) in [6.07, 6.45) is 8.43. The average Bonchev–Trinajstić information content (AvgIpc) is 2.54. The summed E-state index contributed by atoms with van der Waals surface area (Å²) in [6, 6.07) is 0.735. The second kappa shape index (κ2) is 7.67. The molecule has 114 valence electrons. The van der Waals surface area contributed by atoms with E-state index in [9.17, 15) is 0 Å². The van der Waals surface area contributed by atoms with Gasteiger partial charge in [0, 0.05) is 6.04 Å². The van der Waals surface area contributed by atoms with Gasteiger partial charge in [-0.2, -0.15) is 0 Å². The van der Waals surface area contributed by atoms with Crippen molar-refractivity contribution in [1.29, 1.82) is 0 Å². The van der Waals surface area contributed by atoms with Gasteiger partial charge in [-0.25, -0.2) is 0 Å². The van der Waals surface area contributed by atoms with E-state index in [0.29, 0.717) is 5.41 Å². The van der Waals surface area contributed by atoms with Crippen LogP contribution in [0.15, 0.2) is 0 Å². The predicted molar refractivity (Wildman–Crippen MR) is 86.4 cm³/mol. The molecule has 0 aromatic carbocycles. The van der Waals surface area contributed by atoms with Crippen molar-refractivity contribution >= 4 is 0 Å². The number of rotatable bonds is 5. The Morgan fingerprint density at radius 3 is 2.26 bits per heavy atom. The lowest BCUT2D eigenvalue weighted by Crippen LogP contribution is -2.40. The van der Waals surface area contributed by atoms with Crippen LogP contribution in [0.3, 0.4) is 0 Å². The highest BCUT2D eigenvalue weighted by Gasteiger charge is 2.31. The topological polar surface area (TPSA) is 12.0 Å². The van der Waals surface area contributed by atoms with E-state index in [1.54, 1.807) is 0 Å². The Kier molecular flexibility index (Phi) is 6.86. The fourth-order valence-corrected chi connectivity index (χ4v) is 3.81. The highest BCUT2D eigenvalue weighted by atomic mass is 14.9. The monoisotopic (exact) mass is 267 g/mol.